The number of rotatable bonds is 4. The molecule has 0 amide bonds. The number of nitrogens with two attached hydrogens (primary N) is 1. The van der Waals surface area contributed by atoms with E-state index >= 15 is 0 Å². The van der Waals surface area contributed by atoms with Crippen LogP contribution in [0.3, 0.4) is 0 Å². The molecule has 0 bridgehead atoms. The second kappa shape index (κ2) is 7.76. The van der Waals surface area contributed by atoms with Gasteiger partial charge >= 0.3 is 6.18 Å². The van der Waals surface area contributed by atoms with Gasteiger partial charge in [-0.05, 0) is 29.8 Å². The summed E-state index contributed by atoms with van der Waals surface area (Å²) in [7, 11) is 1.82. The first-order valence-electron chi connectivity index (χ1n) is 8.40. The van der Waals surface area contributed by atoms with Crippen molar-refractivity contribution in [3.63, 3.8) is 0 Å². The van der Waals surface area contributed by atoms with Crippen molar-refractivity contribution in [1.82, 2.24) is 19.3 Å². The first kappa shape index (κ1) is 20.7. The molecular formula is C19H17ClF3N5O. The van der Waals surface area contributed by atoms with Gasteiger partial charge in [-0.15, -0.1) is 12.4 Å². The molecule has 6 nitrogen and oxygen atoms in total. The summed E-state index contributed by atoms with van der Waals surface area (Å²) in [6.45, 7) is -0.0520. The fraction of sp³-hybridized carbons (Fsp3) is 0.158. The van der Waals surface area contributed by atoms with Crippen LogP contribution >= 0.6 is 12.4 Å². The van der Waals surface area contributed by atoms with Crippen molar-refractivity contribution in [2.45, 2.75) is 12.7 Å². The van der Waals surface area contributed by atoms with Gasteiger partial charge in [0.25, 0.3) is 0 Å². The molecule has 152 valence electrons. The number of aryl methyl sites for hydroxylation is 1. The molecule has 0 spiro atoms. The molecular weight excluding hydrogens is 407 g/mol. The highest BCUT2D eigenvalue weighted by molar-refractivity contribution is 5.88. The molecule has 4 aromatic rings. The first-order chi connectivity index (χ1) is 13.3. The number of benzene rings is 1. The minimum absolute atomic E-state index is 0. The van der Waals surface area contributed by atoms with Gasteiger partial charge in [-0.3, -0.25) is 4.68 Å². The average molecular weight is 424 g/mol. The molecule has 1 aromatic carbocycles. The Hall–Kier alpha value is -3.04. The number of pyridine rings is 1. The third kappa shape index (κ3) is 4.06. The number of nitrogens with zero attached hydrogens (tertiary/aromatic N) is 4. The van der Waals surface area contributed by atoms with E-state index in [2.05, 4.69) is 10.1 Å². The van der Waals surface area contributed by atoms with Crippen LogP contribution in [0.4, 0.5) is 13.2 Å². The van der Waals surface area contributed by atoms with Crippen LogP contribution in [0.25, 0.3) is 16.6 Å². The monoisotopic (exact) mass is 423 g/mol. The van der Waals surface area contributed by atoms with Crippen LogP contribution in [0.2, 0.25) is 0 Å². The number of ether oxygens (including phenoxy) is 1. The third-order valence-corrected chi connectivity index (χ3v) is 4.26. The maximum absolute atomic E-state index is 13.1. The lowest BCUT2D eigenvalue weighted by Crippen LogP contribution is -2.10. The van der Waals surface area contributed by atoms with Crippen LogP contribution in [0.1, 0.15) is 11.3 Å². The van der Waals surface area contributed by atoms with Gasteiger partial charge in [0.15, 0.2) is 0 Å². The topological polar surface area (TPSA) is 70.9 Å². The van der Waals surface area contributed by atoms with E-state index in [0.717, 1.165) is 22.7 Å². The van der Waals surface area contributed by atoms with Gasteiger partial charge in [0.1, 0.15) is 11.4 Å². The molecule has 0 fully saturated rings. The van der Waals surface area contributed by atoms with E-state index in [1.54, 1.807) is 23.0 Å². The molecule has 0 unspecified atom stereocenters. The highest BCUT2D eigenvalue weighted by Crippen LogP contribution is 2.34. The van der Waals surface area contributed by atoms with Gasteiger partial charge in [0.05, 0.1) is 17.4 Å². The highest BCUT2D eigenvalue weighted by atomic mass is 35.5. The van der Waals surface area contributed by atoms with E-state index in [1.807, 2.05) is 36.1 Å². The van der Waals surface area contributed by atoms with Gasteiger partial charge < -0.3 is 15.0 Å². The smallest absolute Gasteiger partial charge is 0.433 e. The summed E-state index contributed by atoms with van der Waals surface area (Å²) in [5.41, 5.74) is 6.46. The van der Waals surface area contributed by atoms with E-state index < -0.39 is 11.9 Å². The van der Waals surface area contributed by atoms with Gasteiger partial charge in [0.2, 0.25) is 5.88 Å². The second-order valence-corrected chi connectivity index (χ2v) is 6.25. The van der Waals surface area contributed by atoms with E-state index in [0.29, 0.717) is 5.75 Å². The summed E-state index contributed by atoms with van der Waals surface area (Å²) in [5.74, 6) is 0.242. The lowest BCUT2D eigenvalue weighted by Gasteiger charge is -2.12. The van der Waals surface area contributed by atoms with Crippen molar-refractivity contribution >= 4 is 23.3 Å². The van der Waals surface area contributed by atoms with Crippen LogP contribution in [-0.2, 0) is 19.8 Å². The summed E-state index contributed by atoms with van der Waals surface area (Å²) in [5, 5.41) is 4.89. The quantitative estimate of drug-likeness (QED) is 0.526. The number of hydrogen-bond donors (Lipinski definition) is 1. The predicted molar refractivity (Wildman–Crippen MR) is 104 cm³/mol. The average Bonchev–Trinajstić information content (AvgIpc) is 3.27. The molecule has 0 saturated heterocycles. The fourth-order valence-electron chi connectivity index (χ4n) is 2.97. The standard InChI is InChI=1S/C19H16F3N5O.ClH/c1-26-11-13(10-24-26)27-6-5-14-15(27)3-2-4-16(14)28-18-8-12(9-23)7-17(25-18)19(20,21)22;/h2-8,10-11H,9,23H2,1H3;1H. The Labute approximate surface area is 170 Å². The zero-order valence-electron chi connectivity index (χ0n) is 15.2. The van der Waals surface area contributed by atoms with Gasteiger partial charge in [-0.25, -0.2) is 4.98 Å². The molecule has 0 aliphatic rings. The van der Waals surface area contributed by atoms with E-state index in [1.165, 1.54) is 6.07 Å². The molecule has 0 aliphatic heterocycles. The molecule has 3 heterocycles. The molecule has 3 aromatic heterocycles. The largest absolute Gasteiger partial charge is 0.438 e. The fourth-order valence-corrected chi connectivity index (χ4v) is 2.97. The predicted octanol–water partition coefficient (Wildman–Crippen LogP) is 4.45. The van der Waals surface area contributed by atoms with Crippen molar-refractivity contribution in [3.05, 3.63) is 66.2 Å². The maximum Gasteiger partial charge on any atom is 0.433 e. The highest BCUT2D eigenvalue weighted by Gasteiger charge is 2.33. The van der Waals surface area contributed by atoms with Gasteiger partial charge in [-0.2, -0.15) is 18.3 Å². The Morgan fingerprint density at radius 2 is 1.97 bits per heavy atom. The molecule has 0 saturated carbocycles. The minimum atomic E-state index is -4.58. The number of alkyl halides is 3. The molecule has 0 atom stereocenters. The molecule has 29 heavy (non-hydrogen) atoms. The van der Waals surface area contributed by atoms with E-state index in [4.69, 9.17) is 10.5 Å². The Bertz CT molecular complexity index is 1150. The SMILES string of the molecule is Cl.Cn1cc(-n2ccc3c(Oc4cc(CN)cc(C(F)(F)F)n4)cccc32)cn1. The summed E-state index contributed by atoms with van der Waals surface area (Å²) < 4.78 is 48.6. The summed E-state index contributed by atoms with van der Waals surface area (Å²) >= 11 is 0. The molecule has 0 aliphatic carbocycles. The Morgan fingerprint density at radius 3 is 2.62 bits per heavy atom. The Morgan fingerprint density at radius 1 is 1.17 bits per heavy atom. The minimum Gasteiger partial charge on any atom is -0.438 e. The molecule has 0 radical (unpaired) electrons. The maximum atomic E-state index is 13.1. The zero-order chi connectivity index (χ0) is 19.9. The van der Waals surface area contributed by atoms with E-state index in [-0.39, 0.29) is 30.4 Å². The first-order valence-corrected chi connectivity index (χ1v) is 8.40. The van der Waals surface area contributed by atoms with Crippen molar-refractivity contribution in [2.75, 3.05) is 0 Å². The van der Waals surface area contributed by atoms with Crippen LogP contribution in [0.5, 0.6) is 11.6 Å². The lowest BCUT2D eigenvalue weighted by atomic mass is 10.2. The second-order valence-electron chi connectivity index (χ2n) is 6.25. The molecule has 10 heteroatoms. The van der Waals surface area contributed by atoms with Crippen LogP contribution in [0.15, 0.2) is 55.0 Å². The Balaban J connectivity index is 0.00000240. The van der Waals surface area contributed by atoms with Crippen molar-refractivity contribution < 1.29 is 17.9 Å². The number of halogens is 4. The van der Waals surface area contributed by atoms with Crippen molar-refractivity contribution in [2.24, 2.45) is 12.8 Å². The number of hydrogen-bond acceptors (Lipinski definition) is 4. The van der Waals surface area contributed by atoms with E-state index in [9.17, 15) is 13.2 Å². The Kier molecular flexibility index (Phi) is 5.54. The molecule has 4 rings (SSSR count). The lowest BCUT2D eigenvalue weighted by molar-refractivity contribution is -0.141. The van der Waals surface area contributed by atoms with Gasteiger partial charge in [0, 0.05) is 37.4 Å². The van der Waals surface area contributed by atoms with Crippen molar-refractivity contribution in [3.8, 4) is 17.3 Å². The zero-order valence-corrected chi connectivity index (χ0v) is 16.0. The van der Waals surface area contributed by atoms with Crippen LogP contribution in [0, 0.1) is 0 Å². The summed E-state index contributed by atoms with van der Waals surface area (Å²) in [6.07, 6.45) is 0.835. The molecule has 2 N–H and O–H groups in total. The van der Waals surface area contributed by atoms with Crippen molar-refractivity contribution in [1.29, 1.82) is 0 Å². The van der Waals surface area contributed by atoms with Gasteiger partial charge in [-0.1, -0.05) is 6.07 Å². The number of fused-ring (bicyclic) bond motifs is 1. The van der Waals surface area contributed by atoms with Crippen LogP contribution in [-0.4, -0.2) is 19.3 Å². The summed E-state index contributed by atoms with van der Waals surface area (Å²) in [6, 6.07) is 9.50. The normalized spacial score (nSPS) is 11.5. The number of aromatic nitrogens is 4. The third-order valence-electron chi connectivity index (χ3n) is 4.26. The summed E-state index contributed by atoms with van der Waals surface area (Å²) in [4.78, 5) is 3.60. The van der Waals surface area contributed by atoms with Crippen LogP contribution < -0.4 is 10.5 Å².